The van der Waals surface area contributed by atoms with Crippen LogP contribution in [-0.2, 0) is 24.8 Å². The number of piperidine rings is 1. The van der Waals surface area contributed by atoms with Crippen LogP contribution in [0.2, 0.25) is 0 Å². The Hall–Kier alpha value is -1.73. The molecule has 1 saturated carbocycles. The van der Waals surface area contributed by atoms with Gasteiger partial charge in [0.05, 0.1) is 12.7 Å². The van der Waals surface area contributed by atoms with Crippen LogP contribution in [0.1, 0.15) is 36.3 Å². The van der Waals surface area contributed by atoms with Gasteiger partial charge in [-0.05, 0) is 49.8 Å². The summed E-state index contributed by atoms with van der Waals surface area (Å²) in [5, 5.41) is 10.7. The number of hydrogen-bond acceptors (Lipinski definition) is 5. The molecule has 1 N–H and O–H groups in total. The fourth-order valence-corrected chi connectivity index (χ4v) is 4.69. The number of aromatic nitrogens is 3. The van der Waals surface area contributed by atoms with Crippen molar-refractivity contribution in [3.8, 4) is 0 Å². The third-order valence-electron chi connectivity index (χ3n) is 5.62. The minimum Gasteiger partial charge on any atom is -0.332 e. The summed E-state index contributed by atoms with van der Waals surface area (Å²) >= 11 is 1.64. The molecule has 1 aliphatic carbocycles. The van der Waals surface area contributed by atoms with Crippen molar-refractivity contribution in [2.24, 2.45) is 12.5 Å². The first kappa shape index (κ1) is 16.7. The molecule has 0 radical (unpaired) electrons. The number of thiazole rings is 1. The highest BCUT2D eigenvalue weighted by molar-refractivity contribution is 7.09. The lowest BCUT2D eigenvalue weighted by Gasteiger charge is -2.29. The van der Waals surface area contributed by atoms with Crippen LogP contribution in [0.15, 0.2) is 24.0 Å². The van der Waals surface area contributed by atoms with Crippen LogP contribution in [0, 0.1) is 5.41 Å². The van der Waals surface area contributed by atoms with Crippen LogP contribution >= 0.6 is 11.3 Å². The van der Waals surface area contributed by atoms with Crippen molar-refractivity contribution < 1.29 is 4.79 Å². The molecule has 0 bridgehead atoms. The van der Waals surface area contributed by atoms with E-state index in [4.69, 9.17) is 0 Å². The molecule has 1 atom stereocenters. The number of amides is 1. The largest absolute Gasteiger partial charge is 0.332 e. The maximum atomic E-state index is 13.0. The molecule has 1 amide bonds. The molecule has 0 aromatic carbocycles. The molecule has 134 valence electrons. The molecule has 1 spiro atoms. The molecule has 1 unspecified atom stereocenters. The number of carbonyl (C=O) groups excluding carboxylic acids is 1. The van der Waals surface area contributed by atoms with E-state index in [1.54, 1.807) is 16.0 Å². The second-order valence-electron chi connectivity index (χ2n) is 7.30. The summed E-state index contributed by atoms with van der Waals surface area (Å²) in [7, 11) is 1.91. The van der Waals surface area contributed by atoms with E-state index >= 15 is 0 Å². The smallest absolute Gasteiger partial charge is 0.223 e. The first-order chi connectivity index (χ1) is 12.2. The van der Waals surface area contributed by atoms with Gasteiger partial charge in [-0.1, -0.05) is 0 Å². The molecular formula is C18H25N5OS. The minimum absolute atomic E-state index is 0.250. The van der Waals surface area contributed by atoms with Crippen molar-refractivity contribution in [3.63, 3.8) is 0 Å². The second kappa shape index (κ2) is 6.88. The zero-order valence-electron chi connectivity index (χ0n) is 14.6. The number of aryl methyl sites for hydroxylation is 2. The van der Waals surface area contributed by atoms with E-state index in [-0.39, 0.29) is 5.91 Å². The van der Waals surface area contributed by atoms with Gasteiger partial charge >= 0.3 is 0 Å². The summed E-state index contributed by atoms with van der Waals surface area (Å²) in [6.07, 6.45) is 10.5. The normalized spacial score (nSPS) is 21.4. The Bertz CT molecular complexity index is 720. The standard InChI is InChI=1S/C18H25N5OS/c1-22-12-14(11-21-22)2-3-17(24)23(13-16-20-8-9-25-16)15-10-18(15)4-6-19-7-5-18/h8-9,11-12,15,19H,2-7,10,13H2,1H3. The van der Waals surface area contributed by atoms with E-state index in [0.717, 1.165) is 36.5 Å². The van der Waals surface area contributed by atoms with E-state index < -0.39 is 0 Å². The first-order valence-electron chi connectivity index (χ1n) is 9.02. The molecular weight excluding hydrogens is 334 g/mol. The van der Waals surface area contributed by atoms with Gasteiger partial charge in [-0.15, -0.1) is 11.3 Å². The summed E-state index contributed by atoms with van der Waals surface area (Å²) in [5.74, 6) is 0.250. The van der Waals surface area contributed by atoms with Crippen LogP contribution < -0.4 is 5.32 Å². The van der Waals surface area contributed by atoms with E-state index in [1.165, 1.54) is 12.8 Å². The van der Waals surface area contributed by atoms with Gasteiger partial charge in [-0.3, -0.25) is 9.48 Å². The van der Waals surface area contributed by atoms with Crippen molar-refractivity contribution in [2.75, 3.05) is 13.1 Å². The predicted molar refractivity (Wildman–Crippen MR) is 97.1 cm³/mol. The fourth-order valence-electron chi connectivity index (χ4n) is 4.07. The zero-order valence-corrected chi connectivity index (χ0v) is 15.5. The molecule has 3 heterocycles. The van der Waals surface area contributed by atoms with Crippen LogP contribution in [0.4, 0.5) is 0 Å². The quantitative estimate of drug-likeness (QED) is 0.857. The number of rotatable bonds is 6. The highest BCUT2D eigenvalue weighted by atomic mass is 32.1. The van der Waals surface area contributed by atoms with Crippen molar-refractivity contribution in [1.82, 2.24) is 25.0 Å². The molecule has 2 aromatic heterocycles. The Morgan fingerprint density at radius 1 is 1.48 bits per heavy atom. The number of nitrogens with one attached hydrogen (secondary N) is 1. The number of nitrogens with zero attached hydrogens (tertiary/aromatic N) is 4. The van der Waals surface area contributed by atoms with E-state index in [2.05, 4.69) is 20.3 Å². The Morgan fingerprint density at radius 3 is 3.00 bits per heavy atom. The fraction of sp³-hybridized carbons (Fsp3) is 0.611. The van der Waals surface area contributed by atoms with Crippen LogP contribution in [0.3, 0.4) is 0 Å². The lowest BCUT2D eigenvalue weighted by Crippen LogP contribution is -2.39. The van der Waals surface area contributed by atoms with Crippen molar-refractivity contribution in [2.45, 2.75) is 44.7 Å². The highest BCUT2D eigenvalue weighted by Gasteiger charge is 2.57. The topological polar surface area (TPSA) is 63.1 Å². The van der Waals surface area contributed by atoms with Gasteiger partial charge < -0.3 is 10.2 Å². The van der Waals surface area contributed by atoms with E-state index in [1.807, 2.05) is 31.0 Å². The molecule has 1 saturated heterocycles. The SMILES string of the molecule is Cn1cc(CCC(=O)N(Cc2nccs2)C2CC23CCNCC3)cn1. The van der Waals surface area contributed by atoms with Gasteiger partial charge in [0.25, 0.3) is 0 Å². The lowest BCUT2D eigenvalue weighted by atomic mass is 9.93. The van der Waals surface area contributed by atoms with Gasteiger partial charge in [0, 0.05) is 37.3 Å². The van der Waals surface area contributed by atoms with Gasteiger partial charge in [0.1, 0.15) is 5.01 Å². The Morgan fingerprint density at radius 2 is 2.32 bits per heavy atom. The van der Waals surface area contributed by atoms with Gasteiger partial charge in [-0.2, -0.15) is 5.10 Å². The van der Waals surface area contributed by atoms with E-state index in [9.17, 15) is 4.79 Å². The van der Waals surface area contributed by atoms with Gasteiger partial charge in [-0.25, -0.2) is 4.98 Å². The molecule has 2 aliphatic rings. The molecule has 25 heavy (non-hydrogen) atoms. The third kappa shape index (κ3) is 3.62. The Labute approximate surface area is 152 Å². The van der Waals surface area contributed by atoms with Crippen LogP contribution in [0.5, 0.6) is 0 Å². The Balaban J connectivity index is 1.44. The monoisotopic (exact) mass is 359 g/mol. The number of hydrogen-bond donors (Lipinski definition) is 1. The molecule has 1 aliphatic heterocycles. The summed E-state index contributed by atoms with van der Waals surface area (Å²) in [6, 6.07) is 0.389. The second-order valence-corrected chi connectivity index (χ2v) is 8.28. The lowest BCUT2D eigenvalue weighted by molar-refractivity contribution is -0.133. The van der Waals surface area contributed by atoms with E-state index in [0.29, 0.717) is 24.4 Å². The highest BCUT2D eigenvalue weighted by Crippen LogP contribution is 2.56. The predicted octanol–water partition coefficient (Wildman–Crippen LogP) is 1.98. The van der Waals surface area contributed by atoms with Crippen molar-refractivity contribution >= 4 is 17.2 Å². The zero-order chi connectivity index (χ0) is 17.3. The van der Waals surface area contributed by atoms with Crippen molar-refractivity contribution in [3.05, 3.63) is 34.5 Å². The van der Waals surface area contributed by atoms with Crippen LogP contribution in [0.25, 0.3) is 0 Å². The maximum Gasteiger partial charge on any atom is 0.223 e. The van der Waals surface area contributed by atoms with Gasteiger partial charge in [0.2, 0.25) is 5.91 Å². The minimum atomic E-state index is 0.250. The first-order valence-corrected chi connectivity index (χ1v) is 9.90. The molecule has 6 nitrogen and oxygen atoms in total. The summed E-state index contributed by atoms with van der Waals surface area (Å²) in [4.78, 5) is 19.5. The average molecular weight is 359 g/mol. The summed E-state index contributed by atoms with van der Waals surface area (Å²) < 4.78 is 1.79. The average Bonchev–Trinajstić information content (AvgIpc) is 2.99. The van der Waals surface area contributed by atoms with Crippen molar-refractivity contribution in [1.29, 1.82) is 0 Å². The third-order valence-corrected chi connectivity index (χ3v) is 6.38. The summed E-state index contributed by atoms with van der Waals surface area (Å²) in [5.41, 5.74) is 1.48. The molecule has 4 rings (SSSR count). The van der Waals surface area contributed by atoms with Gasteiger partial charge in [0.15, 0.2) is 0 Å². The molecule has 7 heteroatoms. The Kier molecular flexibility index (Phi) is 4.60. The molecule has 2 fully saturated rings. The molecule has 2 aromatic rings. The van der Waals surface area contributed by atoms with Crippen LogP contribution in [-0.4, -0.2) is 44.7 Å². The summed E-state index contributed by atoms with van der Waals surface area (Å²) in [6.45, 7) is 2.81. The maximum absolute atomic E-state index is 13.0. The number of carbonyl (C=O) groups is 1.